The Hall–Kier alpha value is -2.57. The van der Waals surface area contributed by atoms with Crippen LogP contribution in [0.1, 0.15) is 17.0 Å². The second kappa shape index (κ2) is 4.76. The number of aryl methyl sites for hydroxylation is 2. The number of carbonyl (C=O) groups excluding carboxylic acids is 1. The Balaban J connectivity index is 2.32. The summed E-state index contributed by atoms with van der Waals surface area (Å²) in [4.78, 5) is 16.4. The van der Waals surface area contributed by atoms with Gasteiger partial charge in [-0.15, -0.1) is 0 Å². The predicted molar refractivity (Wildman–Crippen MR) is 76.9 cm³/mol. The fourth-order valence-corrected chi connectivity index (χ4v) is 2.59. The Morgan fingerprint density at radius 2 is 2.14 bits per heavy atom. The minimum atomic E-state index is -0.416. The van der Waals surface area contributed by atoms with Crippen molar-refractivity contribution in [1.82, 2.24) is 14.6 Å². The van der Waals surface area contributed by atoms with Gasteiger partial charge in [0.1, 0.15) is 11.6 Å². The van der Waals surface area contributed by atoms with Crippen molar-refractivity contribution in [3.8, 4) is 0 Å². The number of fused-ring (bicyclic) bond motifs is 3. The van der Waals surface area contributed by atoms with Crippen LogP contribution in [0.25, 0.3) is 11.4 Å². The van der Waals surface area contributed by atoms with Crippen molar-refractivity contribution in [2.45, 2.75) is 13.8 Å². The fourth-order valence-electron chi connectivity index (χ4n) is 2.59. The molecule has 0 saturated carbocycles. The number of anilines is 1. The highest BCUT2D eigenvalue weighted by atomic mass is 16.5. The van der Waals surface area contributed by atoms with Gasteiger partial charge >= 0.3 is 5.97 Å². The first-order valence-electron chi connectivity index (χ1n) is 6.53. The summed E-state index contributed by atoms with van der Waals surface area (Å²) >= 11 is 0. The molecule has 1 aliphatic heterocycles. The topological polar surface area (TPSA) is 77.8 Å². The monoisotopic (exact) mass is 288 g/mol. The third-order valence-electron chi connectivity index (χ3n) is 3.48. The van der Waals surface area contributed by atoms with Crippen molar-refractivity contribution in [1.29, 1.82) is 0 Å². The number of nitrogens with one attached hydrogen (secondary N) is 1. The molecule has 2 aromatic rings. The maximum absolute atomic E-state index is 11.9. The molecule has 1 N–H and O–H groups in total. The Bertz CT molecular complexity index is 776. The fraction of sp³-hybridized carbons (Fsp3) is 0.357. The molecule has 1 aliphatic rings. The average molecular weight is 288 g/mol. The lowest BCUT2D eigenvalue weighted by atomic mass is 10.0. The zero-order chi connectivity index (χ0) is 15.1. The van der Waals surface area contributed by atoms with Gasteiger partial charge in [0, 0.05) is 6.07 Å². The van der Waals surface area contributed by atoms with Gasteiger partial charge in [0.25, 0.3) is 0 Å². The van der Waals surface area contributed by atoms with Crippen LogP contribution in [-0.2, 0) is 14.3 Å². The Labute approximate surface area is 121 Å². The summed E-state index contributed by atoms with van der Waals surface area (Å²) in [6.07, 6.45) is 0. The van der Waals surface area contributed by atoms with Crippen LogP contribution in [0.4, 0.5) is 5.82 Å². The minimum Gasteiger partial charge on any atom is -0.495 e. The first-order valence-corrected chi connectivity index (χ1v) is 6.53. The van der Waals surface area contributed by atoms with Gasteiger partial charge in [-0.1, -0.05) is 0 Å². The van der Waals surface area contributed by atoms with E-state index in [2.05, 4.69) is 15.4 Å². The van der Waals surface area contributed by atoms with Crippen LogP contribution < -0.4 is 5.32 Å². The van der Waals surface area contributed by atoms with Gasteiger partial charge in [-0.05, 0) is 13.8 Å². The van der Waals surface area contributed by atoms with E-state index < -0.39 is 5.97 Å². The normalized spacial score (nSPS) is 13.9. The van der Waals surface area contributed by atoms with Crippen molar-refractivity contribution in [2.24, 2.45) is 0 Å². The third-order valence-corrected chi connectivity index (χ3v) is 3.48. The second-order valence-electron chi connectivity index (χ2n) is 4.83. The van der Waals surface area contributed by atoms with Crippen LogP contribution in [-0.4, -0.2) is 41.3 Å². The molecule has 0 aromatic carbocycles. The summed E-state index contributed by atoms with van der Waals surface area (Å²) in [5, 5.41) is 7.63. The quantitative estimate of drug-likeness (QED) is 0.839. The third kappa shape index (κ3) is 1.93. The number of aromatic nitrogens is 3. The van der Waals surface area contributed by atoms with Crippen LogP contribution in [0.15, 0.2) is 11.6 Å². The molecule has 0 fully saturated rings. The summed E-state index contributed by atoms with van der Waals surface area (Å²) < 4.78 is 12.0. The molecule has 0 spiro atoms. The lowest BCUT2D eigenvalue weighted by Crippen LogP contribution is -2.24. The Morgan fingerprint density at radius 1 is 1.38 bits per heavy atom. The molecule has 0 bridgehead atoms. The maximum atomic E-state index is 11.9. The number of methoxy groups -OCH3 is 2. The molecule has 2 aromatic heterocycles. The summed E-state index contributed by atoms with van der Waals surface area (Å²) in [7, 11) is 2.88. The highest BCUT2D eigenvalue weighted by Crippen LogP contribution is 2.34. The molecule has 0 amide bonds. The number of rotatable bonds is 2. The van der Waals surface area contributed by atoms with Gasteiger partial charge in [0.15, 0.2) is 5.65 Å². The Morgan fingerprint density at radius 3 is 2.81 bits per heavy atom. The average Bonchev–Trinajstić information content (AvgIpc) is 2.85. The molecule has 0 atom stereocenters. The lowest BCUT2D eigenvalue weighted by molar-refractivity contribution is -0.136. The van der Waals surface area contributed by atoms with E-state index in [-0.39, 0.29) is 0 Å². The largest absolute Gasteiger partial charge is 0.495 e. The molecule has 0 saturated heterocycles. The highest BCUT2D eigenvalue weighted by Gasteiger charge is 2.29. The zero-order valence-electron chi connectivity index (χ0n) is 12.4. The molecule has 110 valence electrons. The smallest absolute Gasteiger partial charge is 0.339 e. The molecular weight excluding hydrogens is 272 g/mol. The van der Waals surface area contributed by atoms with Crippen LogP contribution in [0.2, 0.25) is 0 Å². The van der Waals surface area contributed by atoms with E-state index in [1.54, 1.807) is 4.52 Å². The van der Waals surface area contributed by atoms with E-state index in [0.29, 0.717) is 17.9 Å². The molecule has 7 heteroatoms. The Kier molecular flexibility index (Phi) is 3.04. The molecule has 0 radical (unpaired) electrons. The number of ether oxygens (including phenoxy) is 2. The van der Waals surface area contributed by atoms with E-state index in [9.17, 15) is 4.79 Å². The molecule has 21 heavy (non-hydrogen) atoms. The van der Waals surface area contributed by atoms with E-state index >= 15 is 0 Å². The number of hydrogen-bond acceptors (Lipinski definition) is 6. The second-order valence-corrected chi connectivity index (χ2v) is 4.83. The van der Waals surface area contributed by atoms with Crippen LogP contribution in [0.5, 0.6) is 0 Å². The van der Waals surface area contributed by atoms with Gasteiger partial charge in [0.2, 0.25) is 0 Å². The molecular formula is C14H16N4O3. The van der Waals surface area contributed by atoms with Crippen molar-refractivity contribution >= 4 is 23.2 Å². The summed E-state index contributed by atoms with van der Waals surface area (Å²) in [5.41, 5.74) is 3.58. The first-order chi connectivity index (χ1) is 10.1. The van der Waals surface area contributed by atoms with Gasteiger partial charge in [-0.25, -0.2) is 9.78 Å². The minimum absolute atomic E-state index is 0.320. The maximum Gasteiger partial charge on any atom is 0.339 e. The number of carbonyl (C=O) groups is 1. The van der Waals surface area contributed by atoms with Crippen LogP contribution in [0.3, 0.4) is 0 Å². The summed E-state index contributed by atoms with van der Waals surface area (Å²) in [6.45, 7) is 4.11. The highest BCUT2D eigenvalue weighted by molar-refractivity contribution is 6.00. The van der Waals surface area contributed by atoms with E-state index in [0.717, 1.165) is 28.4 Å². The van der Waals surface area contributed by atoms with Gasteiger partial charge in [-0.2, -0.15) is 9.61 Å². The van der Waals surface area contributed by atoms with Crippen molar-refractivity contribution < 1.29 is 14.3 Å². The van der Waals surface area contributed by atoms with E-state index in [1.165, 1.54) is 14.2 Å². The van der Waals surface area contributed by atoms with E-state index in [4.69, 9.17) is 9.47 Å². The van der Waals surface area contributed by atoms with E-state index in [1.807, 2.05) is 19.9 Å². The van der Waals surface area contributed by atoms with Crippen LogP contribution >= 0.6 is 0 Å². The molecule has 3 heterocycles. The molecule has 0 unspecified atom stereocenters. The zero-order valence-corrected chi connectivity index (χ0v) is 12.4. The number of hydrogen-bond donors (Lipinski definition) is 1. The standard InChI is InChI=1S/C14H16N4O3/c1-7-5-10-16-8(2)11-12(20-3)9(14(19)21-4)6-15-13(11)18(10)17-7/h5,15H,6H2,1-4H3. The number of nitrogens with zero attached hydrogens (tertiary/aromatic N) is 3. The van der Waals surface area contributed by atoms with Gasteiger partial charge in [-0.3, -0.25) is 0 Å². The van der Waals surface area contributed by atoms with Gasteiger partial charge < -0.3 is 14.8 Å². The molecule has 0 aliphatic carbocycles. The van der Waals surface area contributed by atoms with Crippen molar-refractivity contribution in [2.75, 3.05) is 26.1 Å². The predicted octanol–water partition coefficient (Wildman–Crippen LogP) is 1.30. The summed E-state index contributed by atoms with van der Waals surface area (Å²) in [6, 6.07) is 1.90. The molecule has 7 nitrogen and oxygen atoms in total. The van der Waals surface area contributed by atoms with Crippen molar-refractivity contribution in [3.63, 3.8) is 0 Å². The number of esters is 1. The van der Waals surface area contributed by atoms with Gasteiger partial charge in [0.05, 0.1) is 43.3 Å². The lowest BCUT2D eigenvalue weighted by Gasteiger charge is -2.24. The summed E-state index contributed by atoms with van der Waals surface area (Å²) in [5.74, 6) is 0.840. The van der Waals surface area contributed by atoms with Crippen LogP contribution in [0, 0.1) is 13.8 Å². The SMILES string of the molecule is COC(=O)C1=C(OC)c2c(C)nc3cc(C)nn3c2NC1. The first kappa shape index (κ1) is 13.4. The molecule has 3 rings (SSSR count). The van der Waals surface area contributed by atoms with Crippen molar-refractivity contribution in [3.05, 3.63) is 28.6 Å².